The van der Waals surface area contributed by atoms with Gasteiger partial charge in [0, 0.05) is 22.6 Å². The zero-order chi connectivity index (χ0) is 22.7. The Balaban J connectivity index is 1.49. The molecule has 0 aliphatic rings. The molecule has 0 fully saturated rings. The Bertz CT molecular complexity index is 1240. The summed E-state index contributed by atoms with van der Waals surface area (Å²) in [5.74, 6) is -1.30. The predicted molar refractivity (Wildman–Crippen MR) is 114 cm³/mol. The summed E-state index contributed by atoms with van der Waals surface area (Å²) in [5, 5.41) is 12.0. The fraction of sp³-hybridized carbons (Fsp3) is 0.0909. The third-order valence-corrected chi connectivity index (χ3v) is 5.40. The molecule has 6 nitrogen and oxygen atoms in total. The SMILES string of the molecule is O=C(OCc1c(F)cccc1Cl)c1ccc(-n2nnnc2Cc2c(F)cccc2Cl)cc1. The van der Waals surface area contributed by atoms with Gasteiger partial charge in [0.05, 0.1) is 16.3 Å². The van der Waals surface area contributed by atoms with Gasteiger partial charge in [-0.15, -0.1) is 5.10 Å². The summed E-state index contributed by atoms with van der Waals surface area (Å²) < 4.78 is 34.5. The highest BCUT2D eigenvalue weighted by molar-refractivity contribution is 6.31. The average molecular weight is 475 g/mol. The van der Waals surface area contributed by atoms with Crippen LogP contribution in [-0.4, -0.2) is 26.2 Å². The van der Waals surface area contributed by atoms with E-state index in [0.29, 0.717) is 11.5 Å². The van der Waals surface area contributed by atoms with E-state index in [9.17, 15) is 13.6 Å². The maximum atomic E-state index is 14.1. The van der Waals surface area contributed by atoms with E-state index >= 15 is 0 Å². The maximum Gasteiger partial charge on any atom is 0.338 e. The summed E-state index contributed by atoms with van der Waals surface area (Å²) in [6.45, 7) is -0.299. The number of esters is 1. The number of nitrogens with zero attached hydrogens (tertiary/aromatic N) is 4. The molecule has 0 amide bonds. The van der Waals surface area contributed by atoms with E-state index in [1.54, 1.807) is 18.2 Å². The molecule has 1 aromatic heterocycles. The molecule has 10 heteroatoms. The lowest BCUT2D eigenvalue weighted by atomic mass is 10.1. The molecule has 0 unspecified atom stereocenters. The van der Waals surface area contributed by atoms with Crippen LogP contribution in [0.25, 0.3) is 5.69 Å². The predicted octanol–water partition coefficient (Wildman–Crippen LogP) is 5.20. The normalized spacial score (nSPS) is 10.9. The van der Waals surface area contributed by atoms with Crippen LogP contribution < -0.4 is 0 Å². The summed E-state index contributed by atoms with van der Waals surface area (Å²) in [6, 6.07) is 14.9. The van der Waals surface area contributed by atoms with Crippen molar-refractivity contribution in [1.29, 1.82) is 0 Å². The molecule has 0 radical (unpaired) electrons. The van der Waals surface area contributed by atoms with Crippen molar-refractivity contribution in [3.05, 3.63) is 105 Å². The first-order valence-corrected chi connectivity index (χ1v) is 10.1. The van der Waals surface area contributed by atoms with Gasteiger partial charge in [-0.1, -0.05) is 35.3 Å². The van der Waals surface area contributed by atoms with Crippen molar-refractivity contribution in [2.75, 3.05) is 0 Å². The fourth-order valence-corrected chi connectivity index (χ4v) is 3.45. The molecule has 0 atom stereocenters. The highest BCUT2D eigenvalue weighted by Crippen LogP contribution is 2.23. The first kappa shape index (κ1) is 21.9. The van der Waals surface area contributed by atoms with E-state index in [0.717, 1.165) is 0 Å². The van der Waals surface area contributed by atoms with Crippen LogP contribution in [0.15, 0.2) is 60.7 Å². The summed E-state index contributed by atoms with van der Waals surface area (Å²) in [6.07, 6.45) is 0.0751. The van der Waals surface area contributed by atoms with Gasteiger partial charge < -0.3 is 4.74 Å². The Morgan fingerprint density at radius 3 is 2.16 bits per heavy atom. The van der Waals surface area contributed by atoms with Gasteiger partial charge in [-0.05, 0) is 59.0 Å². The molecule has 0 saturated carbocycles. The van der Waals surface area contributed by atoms with Crippen molar-refractivity contribution in [2.24, 2.45) is 0 Å². The largest absolute Gasteiger partial charge is 0.457 e. The molecule has 0 aliphatic carbocycles. The summed E-state index contributed by atoms with van der Waals surface area (Å²) >= 11 is 12.0. The van der Waals surface area contributed by atoms with Crippen LogP contribution in [0.5, 0.6) is 0 Å². The number of ether oxygens (including phenoxy) is 1. The summed E-state index contributed by atoms with van der Waals surface area (Å²) in [4.78, 5) is 12.3. The minimum Gasteiger partial charge on any atom is -0.457 e. The number of hydrogen-bond acceptors (Lipinski definition) is 5. The average Bonchev–Trinajstić information content (AvgIpc) is 3.24. The van der Waals surface area contributed by atoms with Crippen molar-refractivity contribution in [3.63, 3.8) is 0 Å². The molecule has 162 valence electrons. The lowest BCUT2D eigenvalue weighted by molar-refractivity contribution is 0.0469. The summed E-state index contributed by atoms with van der Waals surface area (Å²) in [7, 11) is 0. The molecule has 4 rings (SSSR count). The van der Waals surface area contributed by atoms with Crippen LogP contribution >= 0.6 is 23.2 Å². The molecule has 0 spiro atoms. The standard InChI is InChI=1S/C22H14Cl2F2N4O2/c23-17-3-1-5-19(25)15(17)11-21-27-28-29-30(21)14-9-7-13(8-10-14)22(31)32-12-16-18(24)4-2-6-20(16)26/h1-10H,11-12H2. The highest BCUT2D eigenvalue weighted by atomic mass is 35.5. The zero-order valence-electron chi connectivity index (χ0n) is 16.3. The van der Waals surface area contributed by atoms with Crippen LogP contribution in [0.4, 0.5) is 8.78 Å². The Morgan fingerprint density at radius 2 is 1.53 bits per heavy atom. The molecule has 0 bridgehead atoms. The molecule has 0 aliphatic heterocycles. The van der Waals surface area contributed by atoms with Crippen LogP contribution in [0.2, 0.25) is 10.0 Å². The molecule has 0 saturated heterocycles. The quantitative estimate of drug-likeness (QED) is 0.359. The first-order chi connectivity index (χ1) is 15.4. The number of benzene rings is 3. The van der Waals surface area contributed by atoms with Crippen LogP contribution in [0, 0.1) is 11.6 Å². The second kappa shape index (κ2) is 9.42. The molecule has 4 aromatic rings. The van der Waals surface area contributed by atoms with Crippen LogP contribution in [0.1, 0.15) is 27.3 Å². The number of halogens is 4. The van der Waals surface area contributed by atoms with Crippen LogP contribution in [-0.2, 0) is 17.8 Å². The minimum absolute atomic E-state index is 0.0751. The zero-order valence-corrected chi connectivity index (χ0v) is 17.8. The van der Waals surface area contributed by atoms with Gasteiger partial charge >= 0.3 is 5.97 Å². The number of aromatic nitrogens is 4. The molecule has 3 aromatic carbocycles. The monoisotopic (exact) mass is 474 g/mol. The molecule has 1 heterocycles. The molecule has 32 heavy (non-hydrogen) atoms. The third kappa shape index (κ3) is 4.61. The van der Waals surface area contributed by atoms with Gasteiger partial charge in [-0.2, -0.15) is 4.68 Å². The second-order valence-corrected chi connectivity index (χ2v) is 7.52. The Kier molecular flexibility index (Phi) is 6.43. The smallest absolute Gasteiger partial charge is 0.338 e. The molecular weight excluding hydrogens is 461 g/mol. The fourth-order valence-electron chi connectivity index (χ4n) is 3.01. The Labute approximate surface area is 191 Å². The van der Waals surface area contributed by atoms with Crippen molar-refractivity contribution < 1.29 is 18.3 Å². The summed E-state index contributed by atoms with van der Waals surface area (Å²) in [5.41, 5.74) is 1.17. The van der Waals surface area contributed by atoms with E-state index in [4.69, 9.17) is 27.9 Å². The lowest BCUT2D eigenvalue weighted by Gasteiger charge is -2.09. The van der Waals surface area contributed by atoms with Gasteiger partial charge in [0.1, 0.15) is 18.2 Å². The van der Waals surface area contributed by atoms with E-state index in [-0.39, 0.29) is 39.8 Å². The number of rotatable bonds is 6. The minimum atomic E-state index is -0.647. The maximum absolute atomic E-state index is 14.1. The first-order valence-electron chi connectivity index (χ1n) is 9.34. The van der Waals surface area contributed by atoms with Crippen molar-refractivity contribution >= 4 is 29.2 Å². The van der Waals surface area contributed by atoms with Crippen molar-refractivity contribution in [1.82, 2.24) is 20.2 Å². The van der Waals surface area contributed by atoms with Gasteiger partial charge in [0.2, 0.25) is 0 Å². The third-order valence-electron chi connectivity index (χ3n) is 4.69. The van der Waals surface area contributed by atoms with Gasteiger partial charge in [-0.25, -0.2) is 13.6 Å². The van der Waals surface area contributed by atoms with Crippen molar-refractivity contribution in [3.8, 4) is 5.69 Å². The number of hydrogen-bond donors (Lipinski definition) is 0. The van der Waals surface area contributed by atoms with Crippen molar-refractivity contribution in [2.45, 2.75) is 13.0 Å². The van der Waals surface area contributed by atoms with E-state index in [1.807, 2.05) is 0 Å². The lowest BCUT2D eigenvalue weighted by Crippen LogP contribution is -2.08. The van der Waals surface area contributed by atoms with Gasteiger partial charge in [0.25, 0.3) is 0 Å². The second-order valence-electron chi connectivity index (χ2n) is 6.71. The molecular formula is C22H14Cl2F2N4O2. The Hall–Kier alpha value is -3.36. The molecule has 0 N–H and O–H groups in total. The highest BCUT2D eigenvalue weighted by Gasteiger charge is 2.16. The Morgan fingerprint density at radius 1 is 0.906 bits per heavy atom. The van der Waals surface area contributed by atoms with Gasteiger partial charge in [0.15, 0.2) is 5.82 Å². The van der Waals surface area contributed by atoms with Gasteiger partial charge in [-0.3, -0.25) is 0 Å². The van der Waals surface area contributed by atoms with E-state index < -0.39 is 17.6 Å². The van der Waals surface area contributed by atoms with Crippen LogP contribution in [0.3, 0.4) is 0 Å². The number of tetrazole rings is 1. The van der Waals surface area contributed by atoms with E-state index in [2.05, 4.69) is 15.5 Å². The number of carbonyl (C=O) groups is 1. The number of carbonyl (C=O) groups excluding carboxylic acids is 1. The van der Waals surface area contributed by atoms with E-state index in [1.165, 1.54) is 47.1 Å². The topological polar surface area (TPSA) is 69.9 Å².